The predicted octanol–water partition coefficient (Wildman–Crippen LogP) is 3.34. The van der Waals surface area contributed by atoms with Gasteiger partial charge in [-0.3, -0.25) is 0 Å². The second-order valence-corrected chi connectivity index (χ2v) is 5.07. The molecule has 0 aliphatic heterocycles. The minimum Gasteiger partial charge on any atom is -0.396 e. The molecule has 1 aromatic heterocycles. The Bertz CT molecular complexity index is 539. The highest BCUT2D eigenvalue weighted by atomic mass is 79.9. The Labute approximate surface area is 113 Å². The van der Waals surface area contributed by atoms with E-state index in [1.807, 2.05) is 25.1 Å². The maximum absolute atomic E-state index is 8.88. The molecule has 0 amide bonds. The molecule has 1 aromatic carbocycles. The molecule has 0 spiro atoms. The largest absolute Gasteiger partial charge is 0.396 e. The van der Waals surface area contributed by atoms with Gasteiger partial charge in [0, 0.05) is 16.5 Å². The van der Waals surface area contributed by atoms with Crippen LogP contribution in [-0.4, -0.2) is 21.7 Å². The lowest BCUT2D eigenvalue weighted by Gasteiger charge is -2.03. The smallest absolute Gasteiger partial charge is 0.134 e. The maximum Gasteiger partial charge on any atom is 0.134 e. The topological polar surface area (TPSA) is 48.9 Å². The minimum atomic E-state index is 0.0563. The van der Waals surface area contributed by atoms with Gasteiger partial charge in [0.25, 0.3) is 0 Å². The molecule has 5 heteroatoms. The molecule has 0 atom stereocenters. The number of benzene rings is 1. The van der Waals surface area contributed by atoms with Crippen LogP contribution in [0.2, 0.25) is 5.15 Å². The SMILES string of the molecule is Cc1ccc(Br)cc1-c1nc(CCO)[nH]c1Cl. The molecule has 90 valence electrons. The van der Waals surface area contributed by atoms with Crippen LogP contribution < -0.4 is 0 Å². The summed E-state index contributed by atoms with van der Waals surface area (Å²) in [5.74, 6) is 0.701. The third kappa shape index (κ3) is 2.70. The quantitative estimate of drug-likeness (QED) is 0.912. The van der Waals surface area contributed by atoms with E-state index in [1.54, 1.807) is 0 Å². The van der Waals surface area contributed by atoms with Crippen molar-refractivity contribution in [3.05, 3.63) is 39.2 Å². The van der Waals surface area contributed by atoms with E-state index in [0.717, 1.165) is 21.3 Å². The molecular formula is C12H12BrClN2O. The molecule has 0 unspecified atom stereocenters. The summed E-state index contributed by atoms with van der Waals surface area (Å²) in [5.41, 5.74) is 2.83. The Balaban J connectivity index is 2.48. The van der Waals surface area contributed by atoms with E-state index in [2.05, 4.69) is 25.9 Å². The summed E-state index contributed by atoms with van der Waals surface area (Å²) in [7, 11) is 0. The van der Waals surface area contributed by atoms with Gasteiger partial charge in [0.15, 0.2) is 0 Å². The molecular weight excluding hydrogens is 304 g/mol. The summed E-state index contributed by atoms with van der Waals surface area (Å²) in [5, 5.41) is 9.39. The highest BCUT2D eigenvalue weighted by molar-refractivity contribution is 9.10. The Kier molecular flexibility index (Phi) is 3.86. The number of aliphatic hydroxyl groups is 1. The number of nitrogens with zero attached hydrogens (tertiary/aromatic N) is 1. The highest BCUT2D eigenvalue weighted by Crippen LogP contribution is 2.30. The van der Waals surface area contributed by atoms with Crippen LogP contribution in [-0.2, 0) is 6.42 Å². The number of aromatic amines is 1. The standard InChI is InChI=1S/C12H12BrClN2O/c1-7-2-3-8(13)6-9(7)11-12(14)16-10(15-11)4-5-17/h2-3,6,17H,4-5H2,1H3,(H,15,16). The molecule has 3 nitrogen and oxygen atoms in total. The van der Waals surface area contributed by atoms with Crippen molar-refractivity contribution in [3.8, 4) is 11.3 Å². The van der Waals surface area contributed by atoms with Crippen LogP contribution in [0.1, 0.15) is 11.4 Å². The first kappa shape index (κ1) is 12.6. The molecule has 0 saturated heterocycles. The summed E-state index contributed by atoms with van der Waals surface area (Å²) < 4.78 is 0.987. The number of nitrogens with one attached hydrogen (secondary N) is 1. The van der Waals surface area contributed by atoms with Crippen LogP contribution in [0.5, 0.6) is 0 Å². The summed E-state index contributed by atoms with van der Waals surface area (Å²) in [6.45, 7) is 2.07. The normalized spacial score (nSPS) is 10.8. The van der Waals surface area contributed by atoms with Crippen molar-refractivity contribution in [1.82, 2.24) is 9.97 Å². The van der Waals surface area contributed by atoms with Crippen molar-refractivity contribution in [2.24, 2.45) is 0 Å². The van der Waals surface area contributed by atoms with Crippen LogP contribution >= 0.6 is 27.5 Å². The summed E-state index contributed by atoms with van der Waals surface area (Å²) >= 11 is 9.56. The fraction of sp³-hybridized carbons (Fsp3) is 0.250. The van der Waals surface area contributed by atoms with Gasteiger partial charge < -0.3 is 10.1 Å². The number of hydrogen-bond acceptors (Lipinski definition) is 2. The third-order valence-electron chi connectivity index (χ3n) is 2.51. The average molecular weight is 316 g/mol. The van der Waals surface area contributed by atoms with Crippen molar-refractivity contribution < 1.29 is 5.11 Å². The maximum atomic E-state index is 8.88. The van der Waals surface area contributed by atoms with Crippen molar-refractivity contribution in [2.75, 3.05) is 6.61 Å². The molecule has 17 heavy (non-hydrogen) atoms. The Morgan fingerprint density at radius 3 is 2.94 bits per heavy atom. The summed E-state index contributed by atoms with van der Waals surface area (Å²) in [4.78, 5) is 7.37. The van der Waals surface area contributed by atoms with Crippen LogP contribution in [0.3, 0.4) is 0 Å². The van der Waals surface area contributed by atoms with Crippen LogP contribution in [0, 0.1) is 6.92 Å². The number of aromatic nitrogens is 2. The number of halogens is 2. The van der Waals surface area contributed by atoms with Crippen molar-refractivity contribution in [2.45, 2.75) is 13.3 Å². The second-order valence-electron chi connectivity index (χ2n) is 3.78. The van der Waals surface area contributed by atoms with Gasteiger partial charge in [0.2, 0.25) is 0 Å². The Hall–Kier alpha value is -0.840. The molecule has 0 radical (unpaired) electrons. The first-order valence-electron chi connectivity index (χ1n) is 5.23. The molecule has 0 bridgehead atoms. The van der Waals surface area contributed by atoms with Crippen molar-refractivity contribution >= 4 is 27.5 Å². The van der Waals surface area contributed by atoms with E-state index in [0.29, 0.717) is 17.4 Å². The molecule has 1 heterocycles. The molecule has 0 aliphatic carbocycles. The lowest BCUT2D eigenvalue weighted by Crippen LogP contribution is -1.92. The fourth-order valence-electron chi connectivity index (χ4n) is 1.65. The zero-order valence-electron chi connectivity index (χ0n) is 9.30. The number of aryl methyl sites for hydroxylation is 1. The minimum absolute atomic E-state index is 0.0563. The van der Waals surface area contributed by atoms with Crippen molar-refractivity contribution in [3.63, 3.8) is 0 Å². The molecule has 0 saturated carbocycles. The molecule has 2 rings (SSSR count). The summed E-state index contributed by atoms with van der Waals surface area (Å²) in [6.07, 6.45) is 0.479. The average Bonchev–Trinajstić information content (AvgIpc) is 2.64. The number of aliphatic hydroxyl groups excluding tert-OH is 1. The zero-order chi connectivity index (χ0) is 12.4. The third-order valence-corrected chi connectivity index (χ3v) is 3.28. The van der Waals surface area contributed by atoms with Crippen LogP contribution in [0.4, 0.5) is 0 Å². The van der Waals surface area contributed by atoms with E-state index in [9.17, 15) is 0 Å². The van der Waals surface area contributed by atoms with Gasteiger partial charge in [-0.05, 0) is 24.6 Å². The van der Waals surface area contributed by atoms with Crippen LogP contribution in [0.15, 0.2) is 22.7 Å². The molecule has 2 aromatic rings. The molecule has 0 aliphatic rings. The Morgan fingerprint density at radius 1 is 1.47 bits per heavy atom. The molecule has 0 fully saturated rings. The van der Waals surface area contributed by atoms with E-state index >= 15 is 0 Å². The van der Waals surface area contributed by atoms with E-state index in [1.165, 1.54) is 0 Å². The van der Waals surface area contributed by atoms with Gasteiger partial charge in [-0.25, -0.2) is 4.98 Å². The second kappa shape index (κ2) is 5.21. The number of rotatable bonds is 3. The number of H-pyrrole nitrogens is 1. The van der Waals surface area contributed by atoms with Crippen molar-refractivity contribution in [1.29, 1.82) is 0 Å². The summed E-state index contributed by atoms with van der Waals surface area (Å²) in [6, 6.07) is 5.98. The lowest BCUT2D eigenvalue weighted by molar-refractivity contribution is 0.297. The van der Waals surface area contributed by atoms with Gasteiger partial charge in [-0.2, -0.15) is 0 Å². The van der Waals surface area contributed by atoms with Gasteiger partial charge in [0.05, 0.1) is 6.61 Å². The first-order valence-corrected chi connectivity index (χ1v) is 6.40. The van der Waals surface area contributed by atoms with Gasteiger partial charge in [0.1, 0.15) is 16.7 Å². The van der Waals surface area contributed by atoms with Gasteiger partial charge in [-0.1, -0.05) is 33.6 Å². The fourth-order valence-corrected chi connectivity index (χ4v) is 2.26. The monoisotopic (exact) mass is 314 g/mol. The highest BCUT2D eigenvalue weighted by Gasteiger charge is 2.12. The zero-order valence-corrected chi connectivity index (χ0v) is 11.6. The van der Waals surface area contributed by atoms with E-state index in [4.69, 9.17) is 16.7 Å². The predicted molar refractivity (Wildman–Crippen MR) is 72.3 cm³/mol. The number of imidazole rings is 1. The lowest BCUT2D eigenvalue weighted by atomic mass is 10.1. The number of hydrogen-bond donors (Lipinski definition) is 2. The van der Waals surface area contributed by atoms with E-state index < -0.39 is 0 Å². The van der Waals surface area contributed by atoms with Gasteiger partial charge in [-0.15, -0.1) is 0 Å². The van der Waals surface area contributed by atoms with Crippen LogP contribution in [0.25, 0.3) is 11.3 Å². The Morgan fingerprint density at radius 2 is 2.24 bits per heavy atom. The van der Waals surface area contributed by atoms with Gasteiger partial charge >= 0.3 is 0 Å². The first-order chi connectivity index (χ1) is 8.11. The van der Waals surface area contributed by atoms with E-state index in [-0.39, 0.29) is 6.61 Å². The molecule has 2 N–H and O–H groups in total.